The van der Waals surface area contributed by atoms with Gasteiger partial charge in [-0.05, 0) is 6.42 Å². The summed E-state index contributed by atoms with van der Waals surface area (Å²) in [7, 11) is -3.95. The summed E-state index contributed by atoms with van der Waals surface area (Å²) in [5.41, 5.74) is 0.655. The van der Waals surface area contributed by atoms with Gasteiger partial charge in [-0.2, -0.15) is 5.26 Å². The Balaban J connectivity index is 3.03. The largest absolute Gasteiger partial charge is 0.476 e. The normalized spacial score (nSPS) is 12.9. The molecular weight excluding hydrogens is 278 g/mol. The van der Waals surface area contributed by atoms with Crippen LogP contribution in [0.3, 0.4) is 0 Å². The van der Waals surface area contributed by atoms with Crippen molar-refractivity contribution in [2.45, 2.75) is 30.0 Å². The lowest BCUT2D eigenvalue weighted by Crippen LogP contribution is -2.34. The molecule has 0 spiro atoms. The monoisotopic (exact) mass is 289 g/mol. The fourth-order valence-corrected chi connectivity index (χ4v) is 3.70. The highest BCUT2D eigenvalue weighted by Gasteiger charge is 2.27. The standard InChI is InChI=1S/C9H11N3O4S2/c1-2-6(3-4-10)12-18(15,16)9-7(8(13)14)11-5-17-9/h5-6,12H,2-3H2,1H3,(H,13,14). The van der Waals surface area contributed by atoms with Crippen molar-refractivity contribution in [3.05, 3.63) is 11.2 Å². The number of aromatic nitrogens is 1. The highest BCUT2D eigenvalue weighted by molar-refractivity contribution is 7.91. The van der Waals surface area contributed by atoms with Gasteiger partial charge >= 0.3 is 5.97 Å². The highest BCUT2D eigenvalue weighted by Crippen LogP contribution is 2.20. The molecule has 0 aliphatic carbocycles. The van der Waals surface area contributed by atoms with Crippen LogP contribution in [0.4, 0.5) is 0 Å². The summed E-state index contributed by atoms with van der Waals surface area (Å²) in [6.07, 6.45) is 0.463. The molecule has 2 N–H and O–H groups in total. The number of sulfonamides is 1. The van der Waals surface area contributed by atoms with Crippen LogP contribution in [-0.4, -0.2) is 30.5 Å². The van der Waals surface area contributed by atoms with Gasteiger partial charge in [-0.15, -0.1) is 11.3 Å². The van der Waals surface area contributed by atoms with Crippen molar-refractivity contribution in [1.29, 1.82) is 5.26 Å². The minimum absolute atomic E-state index is 0.0247. The molecule has 9 heteroatoms. The van der Waals surface area contributed by atoms with Crippen molar-refractivity contribution >= 4 is 27.3 Å². The summed E-state index contributed by atoms with van der Waals surface area (Å²) >= 11 is 0.730. The lowest BCUT2D eigenvalue weighted by molar-refractivity contribution is 0.0687. The Kier molecular flexibility index (Phi) is 4.77. The summed E-state index contributed by atoms with van der Waals surface area (Å²) in [5.74, 6) is -1.40. The fourth-order valence-electron chi connectivity index (χ4n) is 1.22. The van der Waals surface area contributed by atoms with Crippen LogP contribution in [0.1, 0.15) is 30.3 Å². The van der Waals surface area contributed by atoms with E-state index in [1.807, 2.05) is 6.07 Å². The molecule has 18 heavy (non-hydrogen) atoms. The van der Waals surface area contributed by atoms with Crippen LogP contribution in [-0.2, 0) is 10.0 Å². The van der Waals surface area contributed by atoms with Crippen molar-refractivity contribution in [3.8, 4) is 6.07 Å². The van der Waals surface area contributed by atoms with Crippen LogP contribution in [0.2, 0.25) is 0 Å². The second-order valence-corrected chi connectivity index (χ2v) is 6.15. The highest BCUT2D eigenvalue weighted by atomic mass is 32.2. The molecule has 1 aromatic heterocycles. The second kappa shape index (κ2) is 5.90. The maximum absolute atomic E-state index is 11.9. The van der Waals surface area contributed by atoms with E-state index in [0.29, 0.717) is 6.42 Å². The van der Waals surface area contributed by atoms with Gasteiger partial charge in [0.25, 0.3) is 10.0 Å². The van der Waals surface area contributed by atoms with Crippen LogP contribution in [0.15, 0.2) is 9.72 Å². The fraction of sp³-hybridized carbons (Fsp3) is 0.444. The topological polar surface area (TPSA) is 120 Å². The van der Waals surface area contributed by atoms with Crippen LogP contribution >= 0.6 is 11.3 Å². The molecule has 1 rings (SSSR count). The maximum atomic E-state index is 11.9. The van der Waals surface area contributed by atoms with Crippen LogP contribution < -0.4 is 4.72 Å². The Morgan fingerprint density at radius 1 is 1.72 bits per heavy atom. The van der Waals surface area contributed by atoms with Gasteiger partial charge in [-0.3, -0.25) is 0 Å². The van der Waals surface area contributed by atoms with Gasteiger partial charge in [0, 0.05) is 6.04 Å². The molecule has 7 nitrogen and oxygen atoms in total. The second-order valence-electron chi connectivity index (χ2n) is 3.38. The minimum atomic E-state index is -3.95. The van der Waals surface area contributed by atoms with Crippen molar-refractivity contribution in [2.75, 3.05) is 0 Å². The smallest absolute Gasteiger partial charge is 0.356 e. The van der Waals surface area contributed by atoms with Crippen molar-refractivity contribution in [1.82, 2.24) is 9.71 Å². The summed E-state index contributed by atoms with van der Waals surface area (Å²) in [5, 5.41) is 17.4. The average molecular weight is 289 g/mol. The minimum Gasteiger partial charge on any atom is -0.476 e. The molecule has 1 heterocycles. The summed E-state index contributed by atoms with van der Waals surface area (Å²) in [6, 6.07) is 1.33. The zero-order chi connectivity index (χ0) is 13.8. The molecule has 0 fully saturated rings. The summed E-state index contributed by atoms with van der Waals surface area (Å²) in [4.78, 5) is 14.3. The number of aromatic carboxylic acids is 1. The lowest BCUT2D eigenvalue weighted by Gasteiger charge is -2.12. The number of rotatable bonds is 6. The van der Waals surface area contributed by atoms with Gasteiger partial charge in [0.15, 0.2) is 9.90 Å². The predicted molar refractivity (Wildman–Crippen MR) is 63.7 cm³/mol. The van der Waals surface area contributed by atoms with E-state index in [2.05, 4.69) is 9.71 Å². The predicted octanol–water partition coefficient (Wildman–Crippen LogP) is 0.812. The molecule has 1 atom stereocenters. The van der Waals surface area contributed by atoms with Crippen molar-refractivity contribution in [2.24, 2.45) is 0 Å². The number of nitrogens with one attached hydrogen (secondary N) is 1. The van der Waals surface area contributed by atoms with Crippen LogP contribution in [0.5, 0.6) is 0 Å². The Bertz CT molecular complexity index is 573. The molecule has 0 aromatic carbocycles. The zero-order valence-electron chi connectivity index (χ0n) is 9.45. The Labute approximate surface area is 108 Å². The maximum Gasteiger partial charge on any atom is 0.356 e. The van der Waals surface area contributed by atoms with Gasteiger partial charge in [0.05, 0.1) is 18.0 Å². The van der Waals surface area contributed by atoms with Gasteiger partial charge in [0.1, 0.15) is 0 Å². The van der Waals surface area contributed by atoms with Crippen molar-refractivity contribution in [3.63, 3.8) is 0 Å². The number of carboxylic acids is 1. The Morgan fingerprint density at radius 2 is 2.39 bits per heavy atom. The van der Waals surface area contributed by atoms with E-state index < -0.39 is 27.7 Å². The molecule has 0 saturated carbocycles. The molecule has 0 aliphatic rings. The van der Waals surface area contributed by atoms with Gasteiger partial charge in [-0.25, -0.2) is 22.9 Å². The molecule has 98 valence electrons. The van der Waals surface area contributed by atoms with E-state index in [-0.39, 0.29) is 10.6 Å². The third-order valence-corrected chi connectivity index (χ3v) is 5.02. The van der Waals surface area contributed by atoms with E-state index in [9.17, 15) is 13.2 Å². The molecule has 1 aromatic rings. The third kappa shape index (κ3) is 3.25. The molecule has 0 bridgehead atoms. The Hall–Kier alpha value is -1.50. The number of nitriles is 1. The van der Waals surface area contributed by atoms with Crippen molar-refractivity contribution < 1.29 is 18.3 Å². The number of hydrogen-bond acceptors (Lipinski definition) is 6. The number of carboxylic acid groups (broad SMARTS) is 1. The first-order chi connectivity index (χ1) is 8.42. The van der Waals surface area contributed by atoms with E-state index in [1.54, 1.807) is 6.92 Å². The summed E-state index contributed by atoms with van der Waals surface area (Å²) in [6.45, 7) is 1.73. The summed E-state index contributed by atoms with van der Waals surface area (Å²) < 4.78 is 25.9. The zero-order valence-corrected chi connectivity index (χ0v) is 11.1. The molecule has 0 amide bonds. The average Bonchev–Trinajstić information content (AvgIpc) is 2.77. The molecule has 0 radical (unpaired) electrons. The first kappa shape index (κ1) is 14.6. The number of nitrogens with zero attached hydrogens (tertiary/aromatic N) is 2. The lowest BCUT2D eigenvalue weighted by atomic mass is 10.2. The SMILES string of the molecule is CCC(CC#N)NS(=O)(=O)c1scnc1C(=O)O. The van der Waals surface area contributed by atoms with Crippen LogP contribution in [0.25, 0.3) is 0 Å². The molecular formula is C9H11N3O4S2. The van der Waals surface area contributed by atoms with Gasteiger partial charge in [0.2, 0.25) is 0 Å². The van der Waals surface area contributed by atoms with E-state index >= 15 is 0 Å². The number of carbonyl (C=O) groups is 1. The first-order valence-corrected chi connectivity index (χ1v) is 7.34. The first-order valence-electron chi connectivity index (χ1n) is 4.98. The number of thiazole rings is 1. The third-order valence-electron chi connectivity index (χ3n) is 2.13. The number of hydrogen-bond donors (Lipinski definition) is 2. The molecule has 0 aliphatic heterocycles. The van der Waals surface area contributed by atoms with Gasteiger partial charge in [-0.1, -0.05) is 6.92 Å². The molecule has 0 saturated heterocycles. The van der Waals surface area contributed by atoms with Gasteiger partial charge < -0.3 is 5.11 Å². The van der Waals surface area contributed by atoms with E-state index in [0.717, 1.165) is 16.8 Å². The van der Waals surface area contributed by atoms with Crippen LogP contribution in [0, 0.1) is 11.3 Å². The van der Waals surface area contributed by atoms with E-state index in [1.165, 1.54) is 0 Å². The Morgan fingerprint density at radius 3 is 2.89 bits per heavy atom. The van der Waals surface area contributed by atoms with E-state index in [4.69, 9.17) is 10.4 Å². The molecule has 1 unspecified atom stereocenters. The quantitative estimate of drug-likeness (QED) is 0.799.